The third-order valence-electron chi connectivity index (χ3n) is 2.33. The molecule has 1 unspecified atom stereocenters. The van der Waals surface area contributed by atoms with Crippen molar-refractivity contribution in [3.63, 3.8) is 0 Å². The lowest BCUT2D eigenvalue weighted by molar-refractivity contribution is 0.152. The summed E-state index contributed by atoms with van der Waals surface area (Å²) in [7, 11) is 0. The minimum atomic E-state index is 0.0851. The summed E-state index contributed by atoms with van der Waals surface area (Å²) < 4.78 is 5.20. The summed E-state index contributed by atoms with van der Waals surface area (Å²) in [6, 6.07) is 0. The van der Waals surface area contributed by atoms with Crippen molar-refractivity contribution in [2.24, 2.45) is 10.6 Å². The molecule has 1 rings (SSSR count). The van der Waals surface area contributed by atoms with Gasteiger partial charge in [-0.05, 0) is 12.8 Å². The first-order valence-corrected chi connectivity index (χ1v) is 3.70. The van der Waals surface area contributed by atoms with Gasteiger partial charge in [0.25, 0.3) is 0 Å². The van der Waals surface area contributed by atoms with Crippen LogP contribution in [0.3, 0.4) is 0 Å². The summed E-state index contributed by atoms with van der Waals surface area (Å²) >= 11 is 0. The van der Waals surface area contributed by atoms with Crippen molar-refractivity contribution in [3.8, 4) is 0 Å². The zero-order valence-electron chi connectivity index (χ0n) is 6.30. The average Bonchev–Trinajstić information content (AvgIpc) is 2.39. The molecule has 0 aliphatic carbocycles. The minimum Gasteiger partial charge on any atom is -0.381 e. The molecule has 1 atom stereocenters. The van der Waals surface area contributed by atoms with Gasteiger partial charge < -0.3 is 4.74 Å². The smallest absolute Gasteiger partial charge is 0.0890 e. The Morgan fingerprint density at radius 3 is 2.90 bits per heavy atom. The summed E-state index contributed by atoms with van der Waals surface area (Å²) in [5.41, 5.74) is 0.0851. The van der Waals surface area contributed by atoms with E-state index in [1.807, 2.05) is 0 Å². The highest BCUT2D eigenvalue weighted by molar-refractivity contribution is 4.83. The third kappa shape index (κ3) is 1.34. The Hall–Kier alpha value is -0.440. The van der Waals surface area contributed by atoms with Gasteiger partial charge >= 0.3 is 0 Å². The summed E-state index contributed by atoms with van der Waals surface area (Å²) in [5, 5.41) is 2.93. The summed E-state index contributed by atoms with van der Waals surface area (Å²) in [4.78, 5) is 10.0. The molecule has 0 bridgehead atoms. The molecule has 3 heteroatoms. The molecule has 0 aromatic heterocycles. The van der Waals surface area contributed by atoms with E-state index in [4.69, 9.17) is 4.74 Å². The second-order valence-electron chi connectivity index (χ2n) is 2.94. The molecule has 0 radical (unpaired) electrons. The molecule has 1 aliphatic rings. The monoisotopic (exact) mass is 143 g/mol. The summed E-state index contributed by atoms with van der Waals surface area (Å²) in [6.45, 7) is 4.02. The Kier molecular flexibility index (Phi) is 2.38. The van der Waals surface area contributed by atoms with Crippen LogP contribution in [-0.4, -0.2) is 19.8 Å². The molecule has 0 aromatic carbocycles. The second kappa shape index (κ2) is 3.10. The minimum absolute atomic E-state index is 0.0851. The molecule has 0 saturated carbocycles. The summed E-state index contributed by atoms with van der Waals surface area (Å²) in [5.74, 6) is 0. The number of ether oxygens (including phenoxy) is 1. The maximum Gasteiger partial charge on any atom is 0.0890 e. The van der Waals surface area contributed by atoms with E-state index in [9.17, 15) is 4.91 Å². The highest BCUT2D eigenvalue weighted by atomic mass is 16.5. The van der Waals surface area contributed by atoms with Crippen molar-refractivity contribution in [1.82, 2.24) is 0 Å². The van der Waals surface area contributed by atoms with Crippen LogP contribution in [0, 0.1) is 10.3 Å². The molecule has 1 fully saturated rings. The van der Waals surface area contributed by atoms with Gasteiger partial charge in [-0.2, -0.15) is 4.91 Å². The van der Waals surface area contributed by atoms with E-state index < -0.39 is 0 Å². The molecule has 1 heterocycles. The van der Waals surface area contributed by atoms with Crippen LogP contribution in [0.2, 0.25) is 0 Å². The van der Waals surface area contributed by atoms with E-state index >= 15 is 0 Å². The highest BCUT2D eigenvalue weighted by Gasteiger charge is 2.33. The zero-order valence-corrected chi connectivity index (χ0v) is 6.30. The predicted molar refractivity (Wildman–Crippen MR) is 38.8 cm³/mol. The maximum absolute atomic E-state index is 10.0. The van der Waals surface area contributed by atoms with Crippen LogP contribution in [-0.2, 0) is 4.74 Å². The Labute approximate surface area is 60.7 Å². The molecular weight excluding hydrogens is 130 g/mol. The molecule has 58 valence electrons. The molecule has 3 nitrogen and oxygen atoms in total. The number of rotatable bonds is 3. The lowest BCUT2D eigenvalue weighted by atomic mass is 9.85. The first kappa shape index (κ1) is 7.66. The van der Waals surface area contributed by atoms with Crippen molar-refractivity contribution in [2.45, 2.75) is 19.8 Å². The number of nitrogens with zero attached hydrogens (tertiary/aromatic N) is 1. The van der Waals surface area contributed by atoms with Crippen molar-refractivity contribution in [3.05, 3.63) is 4.91 Å². The van der Waals surface area contributed by atoms with Crippen LogP contribution in [0.15, 0.2) is 5.18 Å². The van der Waals surface area contributed by atoms with Gasteiger partial charge in [0.05, 0.1) is 13.2 Å². The van der Waals surface area contributed by atoms with E-state index in [0.717, 1.165) is 26.1 Å². The van der Waals surface area contributed by atoms with Gasteiger partial charge in [-0.1, -0.05) is 12.1 Å². The lowest BCUT2D eigenvalue weighted by Crippen LogP contribution is -2.23. The predicted octanol–water partition coefficient (Wildman–Crippen LogP) is 1.57. The van der Waals surface area contributed by atoms with Crippen LogP contribution < -0.4 is 0 Å². The van der Waals surface area contributed by atoms with Crippen LogP contribution in [0.1, 0.15) is 19.8 Å². The molecular formula is C7H13NO2. The van der Waals surface area contributed by atoms with E-state index in [-0.39, 0.29) is 5.41 Å². The van der Waals surface area contributed by atoms with Crippen LogP contribution >= 0.6 is 0 Å². The SMILES string of the molecule is CCC1(CN=O)CCOC1. The molecule has 0 spiro atoms. The molecule has 0 amide bonds. The van der Waals surface area contributed by atoms with Crippen molar-refractivity contribution >= 4 is 0 Å². The first-order chi connectivity index (χ1) is 4.83. The van der Waals surface area contributed by atoms with Gasteiger partial charge in [0.15, 0.2) is 0 Å². The maximum atomic E-state index is 10.0. The van der Waals surface area contributed by atoms with Crippen molar-refractivity contribution in [1.29, 1.82) is 0 Å². The quantitative estimate of drug-likeness (QED) is 0.562. The lowest BCUT2D eigenvalue weighted by Gasteiger charge is -2.20. The fourth-order valence-electron chi connectivity index (χ4n) is 1.30. The zero-order chi connectivity index (χ0) is 7.45. The topological polar surface area (TPSA) is 38.7 Å². The Balaban J connectivity index is 2.48. The van der Waals surface area contributed by atoms with E-state index in [2.05, 4.69) is 12.1 Å². The third-order valence-corrected chi connectivity index (χ3v) is 2.33. The van der Waals surface area contributed by atoms with Crippen molar-refractivity contribution < 1.29 is 4.74 Å². The Bertz CT molecular complexity index is 119. The van der Waals surface area contributed by atoms with Gasteiger partial charge in [0, 0.05) is 12.0 Å². The number of hydrogen-bond donors (Lipinski definition) is 0. The number of nitroso groups, excluding NO2 is 1. The Morgan fingerprint density at radius 1 is 1.70 bits per heavy atom. The highest BCUT2D eigenvalue weighted by Crippen LogP contribution is 2.32. The molecule has 1 aliphatic heterocycles. The standard InChI is InChI=1S/C7H13NO2/c1-2-7(5-8-9)3-4-10-6-7/h2-6H2,1H3. The first-order valence-electron chi connectivity index (χ1n) is 3.70. The van der Waals surface area contributed by atoms with Gasteiger partial charge in [0.1, 0.15) is 0 Å². The van der Waals surface area contributed by atoms with Gasteiger partial charge in [-0.15, -0.1) is 0 Å². The van der Waals surface area contributed by atoms with E-state index in [0.29, 0.717) is 6.54 Å². The summed E-state index contributed by atoms with van der Waals surface area (Å²) in [6.07, 6.45) is 1.99. The normalized spacial score (nSPS) is 32.5. The molecule has 1 saturated heterocycles. The van der Waals surface area contributed by atoms with Gasteiger partial charge in [0.2, 0.25) is 0 Å². The van der Waals surface area contributed by atoms with Crippen molar-refractivity contribution in [2.75, 3.05) is 19.8 Å². The Morgan fingerprint density at radius 2 is 2.50 bits per heavy atom. The largest absolute Gasteiger partial charge is 0.381 e. The van der Waals surface area contributed by atoms with Crippen LogP contribution in [0.4, 0.5) is 0 Å². The van der Waals surface area contributed by atoms with Crippen LogP contribution in [0.5, 0.6) is 0 Å². The average molecular weight is 143 g/mol. The molecule has 0 N–H and O–H groups in total. The molecule has 10 heavy (non-hydrogen) atoms. The van der Waals surface area contributed by atoms with E-state index in [1.165, 1.54) is 0 Å². The second-order valence-corrected chi connectivity index (χ2v) is 2.94. The fourth-order valence-corrected chi connectivity index (χ4v) is 1.30. The molecule has 0 aromatic rings. The van der Waals surface area contributed by atoms with Gasteiger partial charge in [-0.25, -0.2) is 0 Å². The van der Waals surface area contributed by atoms with Gasteiger partial charge in [-0.3, -0.25) is 0 Å². The van der Waals surface area contributed by atoms with E-state index in [1.54, 1.807) is 0 Å². The number of hydrogen-bond acceptors (Lipinski definition) is 3. The van der Waals surface area contributed by atoms with Crippen LogP contribution in [0.25, 0.3) is 0 Å². The fraction of sp³-hybridized carbons (Fsp3) is 1.00.